The van der Waals surface area contributed by atoms with Crippen LogP contribution in [0.15, 0.2) is 25.3 Å². The SMILES string of the molecule is C=CCCCCCCCCC(=O)NCCCCCCN(N)C(=O)CCCCCCCCC=C. The summed E-state index contributed by atoms with van der Waals surface area (Å²) < 4.78 is 0. The Kier molecular flexibility index (Phi) is 23.8. The van der Waals surface area contributed by atoms with Crippen molar-refractivity contribution in [1.82, 2.24) is 10.3 Å². The molecule has 0 aliphatic rings. The number of nitrogens with one attached hydrogen (secondary N) is 1. The maximum Gasteiger partial charge on any atom is 0.236 e. The van der Waals surface area contributed by atoms with Crippen molar-refractivity contribution in [3.05, 3.63) is 25.3 Å². The van der Waals surface area contributed by atoms with Crippen LogP contribution in [0.25, 0.3) is 0 Å². The van der Waals surface area contributed by atoms with Crippen LogP contribution in [0.5, 0.6) is 0 Å². The van der Waals surface area contributed by atoms with E-state index in [0.717, 1.165) is 70.8 Å². The van der Waals surface area contributed by atoms with Crippen molar-refractivity contribution < 1.29 is 9.59 Å². The molecule has 0 spiro atoms. The second-order valence-electron chi connectivity index (χ2n) is 9.25. The Bertz CT molecular complexity index is 494. The van der Waals surface area contributed by atoms with E-state index in [1.165, 1.54) is 56.4 Å². The number of carbonyl (C=O) groups is 2. The lowest BCUT2D eigenvalue weighted by Crippen LogP contribution is -2.38. The first-order chi connectivity index (χ1) is 16.1. The number of nitrogens with zero attached hydrogens (tertiary/aromatic N) is 1. The van der Waals surface area contributed by atoms with Gasteiger partial charge in [-0.1, -0.05) is 76.4 Å². The first kappa shape index (κ1) is 31.4. The summed E-state index contributed by atoms with van der Waals surface area (Å²) >= 11 is 0. The Morgan fingerprint density at radius 2 is 1.09 bits per heavy atom. The Morgan fingerprint density at radius 3 is 1.67 bits per heavy atom. The number of allylic oxidation sites excluding steroid dienone is 2. The van der Waals surface area contributed by atoms with Gasteiger partial charge in [-0.3, -0.25) is 14.6 Å². The second kappa shape index (κ2) is 25.0. The molecule has 0 aromatic heterocycles. The summed E-state index contributed by atoms with van der Waals surface area (Å²) in [7, 11) is 0. The van der Waals surface area contributed by atoms with Gasteiger partial charge in [0.25, 0.3) is 0 Å². The van der Waals surface area contributed by atoms with Gasteiger partial charge in [0.05, 0.1) is 0 Å². The van der Waals surface area contributed by atoms with Crippen LogP contribution in [0.3, 0.4) is 0 Å². The lowest BCUT2D eigenvalue weighted by molar-refractivity contribution is -0.131. The van der Waals surface area contributed by atoms with Crippen molar-refractivity contribution in [2.24, 2.45) is 5.84 Å². The second-order valence-corrected chi connectivity index (χ2v) is 9.25. The molecule has 192 valence electrons. The normalized spacial score (nSPS) is 10.7. The predicted molar refractivity (Wildman–Crippen MR) is 142 cm³/mol. The molecule has 0 fully saturated rings. The molecule has 0 aromatic rings. The molecule has 5 heteroatoms. The molecule has 0 saturated heterocycles. The van der Waals surface area contributed by atoms with Gasteiger partial charge in [-0.25, -0.2) is 5.84 Å². The van der Waals surface area contributed by atoms with Gasteiger partial charge in [0, 0.05) is 25.9 Å². The minimum atomic E-state index is 0.0608. The fourth-order valence-corrected chi connectivity index (χ4v) is 3.90. The third kappa shape index (κ3) is 23.3. The molecule has 0 aliphatic carbocycles. The summed E-state index contributed by atoms with van der Waals surface area (Å²) in [5, 5.41) is 4.42. The number of hydrazine groups is 1. The summed E-state index contributed by atoms with van der Waals surface area (Å²) in [5.41, 5.74) is 0. The zero-order valence-electron chi connectivity index (χ0n) is 21.5. The lowest BCUT2D eigenvalue weighted by Gasteiger charge is -2.16. The smallest absolute Gasteiger partial charge is 0.236 e. The van der Waals surface area contributed by atoms with E-state index in [4.69, 9.17) is 5.84 Å². The molecule has 3 N–H and O–H groups in total. The van der Waals surface area contributed by atoms with E-state index in [9.17, 15) is 9.59 Å². The van der Waals surface area contributed by atoms with E-state index >= 15 is 0 Å². The summed E-state index contributed by atoms with van der Waals surface area (Å²) in [5.74, 6) is 6.14. The highest BCUT2D eigenvalue weighted by Crippen LogP contribution is 2.10. The van der Waals surface area contributed by atoms with Crippen LogP contribution in [-0.4, -0.2) is 29.9 Å². The number of unbranched alkanes of at least 4 members (excludes halogenated alkanes) is 15. The molecule has 0 rings (SSSR count). The first-order valence-corrected chi connectivity index (χ1v) is 13.6. The van der Waals surface area contributed by atoms with Crippen molar-refractivity contribution in [1.29, 1.82) is 0 Å². The number of rotatable bonds is 25. The van der Waals surface area contributed by atoms with Gasteiger partial charge in [-0.15, -0.1) is 13.2 Å². The quantitative estimate of drug-likeness (QED) is 0.0504. The van der Waals surface area contributed by atoms with Gasteiger partial charge < -0.3 is 5.32 Å². The third-order valence-corrected chi connectivity index (χ3v) is 6.08. The van der Waals surface area contributed by atoms with Gasteiger partial charge in [-0.05, 0) is 51.4 Å². The minimum Gasteiger partial charge on any atom is -0.356 e. The van der Waals surface area contributed by atoms with Crippen molar-refractivity contribution in [3.8, 4) is 0 Å². The Hall–Kier alpha value is -1.62. The van der Waals surface area contributed by atoms with Crippen molar-refractivity contribution in [2.45, 2.75) is 128 Å². The number of nitrogens with two attached hydrogens (primary N) is 1. The zero-order chi connectivity index (χ0) is 24.4. The van der Waals surface area contributed by atoms with Crippen LogP contribution in [0.2, 0.25) is 0 Å². The van der Waals surface area contributed by atoms with Gasteiger partial charge >= 0.3 is 0 Å². The highest BCUT2D eigenvalue weighted by Gasteiger charge is 2.08. The molecule has 0 aromatic carbocycles. The summed E-state index contributed by atoms with van der Waals surface area (Å²) in [6, 6.07) is 0. The molecular weight excluding hydrogens is 410 g/mol. The van der Waals surface area contributed by atoms with Gasteiger partial charge in [0.1, 0.15) is 0 Å². The van der Waals surface area contributed by atoms with Crippen molar-refractivity contribution in [2.75, 3.05) is 13.1 Å². The van der Waals surface area contributed by atoms with E-state index in [1.807, 2.05) is 12.2 Å². The molecule has 0 atom stereocenters. The number of hydrogen-bond donors (Lipinski definition) is 2. The van der Waals surface area contributed by atoms with Gasteiger partial charge in [0.2, 0.25) is 11.8 Å². The molecule has 0 aliphatic heterocycles. The molecule has 0 heterocycles. The summed E-state index contributed by atoms with van der Waals surface area (Å²) in [4.78, 5) is 24.0. The topological polar surface area (TPSA) is 75.4 Å². The highest BCUT2D eigenvalue weighted by molar-refractivity contribution is 5.75. The zero-order valence-corrected chi connectivity index (χ0v) is 21.5. The molecule has 2 amide bonds. The minimum absolute atomic E-state index is 0.0608. The Balaban J connectivity index is 3.41. The predicted octanol–water partition coefficient (Wildman–Crippen LogP) is 6.98. The molecule has 0 saturated carbocycles. The van der Waals surface area contributed by atoms with Crippen LogP contribution in [-0.2, 0) is 9.59 Å². The highest BCUT2D eigenvalue weighted by atomic mass is 16.2. The van der Waals surface area contributed by atoms with Crippen molar-refractivity contribution in [3.63, 3.8) is 0 Å². The molecule has 0 unspecified atom stereocenters. The molecule has 0 bridgehead atoms. The van der Waals surface area contributed by atoms with Crippen LogP contribution < -0.4 is 11.2 Å². The maximum atomic E-state index is 12.1. The average Bonchev–Trinajstić information content (AvgIpc) is 2.81. The Labute approximate surface area is 204 Å². The van der Waals surface area contributed by atoms with Gasteiger partial charge in [-0.2, -0.15) is 0 Å². The number of amides is 2. The molecular formula is C28H53N3O2. The number of hydrogen-bond acceptors (Lipinski definition) is 3. The van der Waals surface area contributed by atoms with E-state index in [2.05, 4.69) is 18.5 Å². The summed E-state index contributed by atoms with van der Waals surface area (Å²) in [6.45, 7) is 8.86. The molecule has 5 nitrogen and oxygen atoms in total. The number of carbonyl (C=O) groups excluding carboxylic acids is 2. The van der Waals surface area contributed by atoms with Crippen LogP contribution in [0.4, 0.5) is 0 Å². The van der Waals surface area contributed by atoms with Gasteiger partial charge in [0.15, 0.2) is 0 Å². The molecule has 33 heavy (non-hydrogen) atoms. The maximum absolute atomic E-state index is 12.1. The first-order valence-electron chi connectivity index (χ1n) is 13.6. The Morgan fingerprint density at radius 1 is 0.636 bits per heavy atom. The standard InChI is InChI=1S/C28H53N3O2/c1-3-5-7-9-11-13-15-19-23-27(32)30-25-21-17-18-22-26-31(29)28(33)24-20-16-14-12-10-8-6-4-2/h3-4H,1-2,5-26,29H2,(H,30,32). The van der Waals surface area contributed by atoms with E-state index in [-0.39, 0.29) is 11.8 Å². The molecule has 0 radical (unpaired) electrons. The fraction of sp³-hybridized carbons (Fsp3) is 0.786. The third-order valence-electron chi connectivity index (χ3n) is 6.08. The van der Waals surface area contributed by atoms with E-state index in [1.54, 1.807) is 0 Å². The summed E-state index contributed by atoms with van der Waals surface area (Å²) in [6.07, 6.45) is 25.5. The van der Waals surface area contributed by atoms with E-state index in [0.29, 0.717) is 19.4 Å². The van der Waals surface area contributed by atoms with Crippen molar-refractivity contribution >= 4 is 11.8 Å². The average molecular weight is 464 g/mol. The lowest BCUT2D eigenvalue weighted by atomic mass is 10.1. The van der Waals surface area contributed by atoms with Crippen LogP contribution >= 0.6 is 0 Å². The van der Waals surface area contributed by atoms with E-state index < -0.39 is 0 Å². The largest absolute Gasteiger partial charge is 0.356 e. The monoisotopic (exact) mass is 463 g/mol. The van der Waals surface area contributed by atoms with Crippen LogP contribution in [0, 0.1) is 0 Å². The fourth-order valence-electron chi connectivity index (χ4n) is 3.90. The van der Waals surface area contributed by atoms with Crippen LogP contribution in [0.1, 0.15) is 128 Å².